The molecule has 0 aliphatic carbocycles. The van der Waals surface area contributed by atoms with E-state index in [4.69, 9.17) is 14.2 Å². The predicted molar refractivity (Wildman–Crippen MR) is 63.4 cm³/mol. The fourth-order valence-electron chi connectivity index (χ4n) is 1.51. The van der Waals surface area contributed by atoms with E-state index in [9.17, 15) is 9.59 Å². The molecular formula is C13H16O5. The van der Waals surface area contributed by atoms with E-state index in [-0.39, 0.29) is 12.7 Å². The molecule has 0 aromatic carbocycles. The Balaban J connectivity index is 2.70. The van der Waals surface area contributed by atoms with Gasteiger partial charge in [-0.2, -0.15) is 0 Å². The topological polar surface area (TPSA) is 61.8 Å². The van der Waals surface area contributed by atoms with E-state index in [1.807, 2.05) is 0 Å². The van der Waals surface area contributed by atoms with Crippen molar-refractivity contribution in [3.05, 3.63) is 12.2 Å². The summed E-state index contributed by atoms with van der Waals surface area (Å²) in [6.45, 7) is 4.35. The highest BCUT2D eigenvalue weighted by molar-refractivity contribution is 5.66. The van der Waals surface area contributed by atoms with E-state index in [0.29, 0.717) is 0 Å². The number of hydrogen-bond acceptors (Lipinski definition) is 5. The molecule has 0 amide bonds. The first-order valence-corrected chi connectivity index (χ1v) is 5.59. The molecule has 18 heavy (non-hydrogen) atoms. The molecule has 0 saturated carbocycles. The van der Waals surface area contributed by atoms with Crippen molar-refractivity contribution < 1.29 is 23.8 Å². The van der Waals surface area contributed by atoms with Gasteiger partial charge in [-0.3, -0.25) is 9.59 Å². The molecule has 5 nitrogen and oxygen atoms in total. The second-order valence-corrected chi connectivity index (χ2v) is 3.75. The number of rotatable bonds is 3. The second-order valence-electron chi connectivity index (χ2n) is 3.75. The first-order valence-electron chi connectivity index (χ1n) is 5.59. The number of ether oxygens (including phenoxy) is 3. The van der Waals surface area contributed by atoms with Crippen LogP contribution in [0.4, 0.5) is 0 Å². The summed E-state index contributed by atoms with van der Waals surface area (Å²) in [6, 6.07) is 0. The van der Waals surface area contributed by atoms with Crippen LogP contribution < -0.4 is 0 Å². The third-order valence-electron chi connectivity index (χ3n) is 2.20. The van der Waals surface area contributed by atoms with E-state index < -0.39 is 24.1 Å². The van der Waals surface area contributed by atoms with Gasteiger partial charge in [-0.05, 0) is 19.1 Å². The van der Waals surface area contributed by atoms with E-state index in [1.165, 1.54) is 13.8 Å². The normalized spacial score (nSPS) is 25.8. The van der Waals surface area contributed by atoms with Crippen molar-refractivity contribution in [3.63, 3.8) is 0 Å². The molecule has 0 aromatic heterocycles. The lowest BCUT2D eigenvalue weighted by molar-refractivity contribution is -0.161. The van der Waals surface area contributed by atoms with Crippen LogP contribution >= 0.6 is 0 Å². The van der Waals surface area contributed by atoms with Crippen LogP contribution in [0.15, 0.2) is 12.2 Å². The van der Waals surface area contributed by atoms with Gasteiger partial charge in [-0.15, -0.1) is 5.92 Å². The molecule has 0 bridgehead atoms. The summed E-state index contributed by atoms with van der Waals surface area (Å²) in [7, 11) is 0. The summed E-state index contributed by atoms with van der Waals surface area (Å²) >= 11 is 0. The molecule has 98 valence electrons. The number of carbonyl (C=O) groups excluding carboxylic acids is 2. The lowest BCUT2D eigenvalue weighted by atomic mass is 10.1. The van der Waals surface area contributed by atoms with Gasteiger partial charge >= 0.3 is 11.9 Å². The largest absolute Gasteiger partial charge is 0.463 e. The summed E-state index contributed by atoms with van der Waals surface area (Å²) < 4.78 is 15.5. The summed E-state index contributed by atoms with van der Waals surface area (Å²) in [5.41, 5.74) is 0. The zero-order chi connectivity index (χ0) is 13.5. The minimum atomic E-state index is -0.559. The van der Waals surface area contributed by atoms with Crippen LogP contribution in [0.5, 0.6) is 0 Å². The number of hydrogen-bond donors (Lipinski definition) is 0. The van der Waals surface area contributed by atoms with Crippen molar-refractivity contribution in [1.29, 1.82) is 0 Å². The number of carbonyl (C=O) groups is 2. The molecule has 1 unspecified atom stereocenters. The van der Waals surface area contributed by atoms with Crippen LogP contribution in [0.2, 0.25) is 0 Å². The van der Waals surface area contributed by atoms with Gasteiger partial charge in [0.25, 0.3) is 0 Å². The zero-order valence-electron chi connectivity index (χ0n) is 10.6. The molecule has 1 heterocycles. The number of esters is 2. The van der Waals surface area contributed by atoms with Gasteiger partial charge in [0.1, 0.15) is 24.9 Å². The minimum Gasteiger partial charge on any atom is -0.463 e. The highest BCUT2D eigenvalue weighted by atomic mass is 16.6. The van der Waals surface area contributed by atoms with E-state index in [0.717, 1.165) is 0 Å². The quantitative estimate of drug-likeness (QED) is 0.423. The monoisotopic (exact) mass is 252 g/mol. The molecule has 1 aliphatic rings. The average Bonchev–Trinajstić information content (AvgIpc) is 2.28. The third kappa shape index (κ3) is 4.60. The highest BCUT2D eigenvalue weighted by Gasteiger charge is 2.29. The van der Waals surface area contributed by atoms with Crippen LogP contribution in [-0.2, 0) is 23.8 Å². The Morgan fingerprint density at radius 3 is 2.56 bits per heavy atom. The Bertz CT molecular complexity index is 401. The van der Waals surface area contributed by atoms with Gasteiger partial charge in [0.05, 0.1) is 0 Å². The minimum absolute atomic E-state index is 0.0273. The molecule has 3 atom stereocenters. The SMILES string of the molecule is CC#CC1C=C[C@H](OC(C)=O)[C@@H](COC(C)=O)O1. The maximum Gasteiger partial charge on any atom is 0.303 e. The maximum absolute atomic E-state index is 11.0. The Labute approximate surface area is 106 Å². The van der Waals surface area contributed by atoms with Crippen molar-refractivity contribution in [2.75, 3.05) is 6.61 Å². The maximum atomic E-state index is 11.0. The summed E-state index contributed by atoms with van der Waals surface area (Å²) in [4.78, 5) is 21.7. The first-order chi connectivity index (χ1) is 8.52. The Kier molecular flexibility index (Phi) is 5.40. The van der Waals surface area contributed by atoms with E-state index in [2.05, 4.69) is 11.8 Å². The van der Waals surface area contributed by atoms with Gasteiger partial charge in [0.15, 0.2) is 0 Å². The molecule has 1 rings (SSSR count). The standard InChI is InChI=1S/C13H16O5/c1-4-5-11-6-7-12(17-10(3)15)13(18-11)8-16-9(2)14/h6-7,11-13H,8H2,1-3H3/t11?,12-,13+/m0/s1. The first kappa shape index (κ1) is 14.3. The summed E-state index contributed by atoms with van der Waals surface area (Å²) in [5, 5.41) is 0. The molecule has 5 heteroatoms. The van der Waals surface area contributed by atoms with Crippen LogP contribution in [0, 0.1) is 11.8 Å². The third-order valence-corrected chi connectivity index (χ3v) is 2.20. The van der Waals surface area contributed by atoms with Crippen molar-refractivity contribution in [3.8, 4) is 11.8 Å². The second kappa shape index (κ2) is 6.82. The van der Waals surface area contributed by atoms with Gasteiger partial charge in [-0.25, -0.2) is 0 Å². The van der Waals surface area contributed by atoms with Crippen LogP contribution in [0.3, 0.4) is 0 Å². The van der Waals surface area contributed by atoms with Gasteiger partial charge < -0.3 is 14.2 Å². The molecule has 0 spiro atoms. The van der Waals surface area contributed by atoms with E-state index >= 15 is 0 Å². The summed E-state index contributed by atoms with van der Waals surface area (Å²) in [5.74, 6) is 4.75. The Morgan fingerprint density at radius 2 is 2.00 bits per heavy atom. The van der Waals surface area contributed by atoms with Crippen molar-refractivity contribution >= 4 is 11.9 Å². The summed E-state index contributed by atoms with van der Waals surface area (Å²) in [6.07, 6.45) is 1.95. The molecular weight excluding hydrogens is 236 g/mol. The van der Waals surface area contributed by atoms with Crippen LogP contribution in [0.25, 0.3) is 0 Å². The molecule has 0 fully saturated rings. The average molecular weight is 252 g/mol. The Morgan fingerprint density at radius 1 is 1.28 bits per heavy atom. The molecule has 0 radical (unpaired) electrons. The van der Waals surface area contributed by atoms with Crippen molar-refractivity contribution in [2.45, 2.75) is 39.1 Å². The fourth-order valence-corrected chi connectivity index (χ4v) is 1.51. The Hall–Kier alpha value is -1.80. The molecule has 1 aliphatic heterocycles. The van der Waals surface area contributed by atoms with Crippen LogP contribution in [0.1, 0.15) is 20.8 Å². The predicted octanol–water partition coefficient (Wildman–Crippen LogP) is 0.828. The molecule has 0 aromatic rings. The van der Waals surface area contributed by atoms with Crippen LogP contribution in [-0.4, -0.2) is 36.9 Å². The van der Waals surface area contributed by atoms with Gasteiger partial charge in [0, 0.05) is 13.8 Å². The smallest absolute Gasteiger partial charge is 0.303 e. The molecule has 0 saturated heterocycles. The van der Waals surface area contributed by atoms with Gasteiger partial charge in [0.2, 0.25) is 0 Å². The lowest BCUT2D eigenvalue weighted by Gasteiger charge is -2.29. The zero-order valence-corrected chi connectivity index (χ0v) is 10.6. The molecule has 0 N–H and O–H groups in total. The van der Waals surface area contributed by atoms with E-state index in [1.54, 1.807) is 19.1 Å². The van der Waals surface area contributed by atoms with Crippen molar-refractivity contribution in [1.82, 2.24) is 0 Å². The fraction of sp³-hybridized carbons (Fsp3) is 0.538. The highest BCUT2D eigenvalue weighted by Crippen LogP contribution is 2.16. The van der Waals surface area contributed by atoms with Crippen molar-refractivity contribution in [2.24, 2.45) is 0 Å². The lowest BCUT2D eigenvalue weighted by Crippen LogP contribution is -2.41. The van der Waals surface area contributed by atoms with Gasteiger partial charge in [-0.1, -0.05) is 5.92 Å².